The summed E-state index contributed by atoms with van der Waals surface area (Å²) < 4.78 is 28.4. The van der Waals surface area contributed by atoms with Crippen molar-refractivity contribution in [1.29, 1.82) is 0 Å². The molecule has 1 aliphatic rings. The Morgan fingerprint density at radius 1 is 1.33 bits per heavy atom. The van der Waals surface area contributed by atoms with Gasteiger partial charge in [-0.1, -0.05) is 19.9 Å². The summed E-state index contributed by atoms with van der Waals surface area (Å²) in [7, 11) is -3.49. The minimum absolute atomic E-state index is 0.0316. The first-order chi connectivity index (χ1) is 9.73. The molecule has 0 aliphatic heterocycles. The highest BCUT2D eigenvalue weighted by atomic mass is 79.9. The fourth-order valence-corrected chi connectivity index (χ4v) is 5.12. The maximum absolute atomic E-state index is 12.5. The molecule has 0 bridgehead atoms. The quantitative estimate of drug-likeness (QED) is 0.849. The van der Waals surface area contributed by atoms with E-state index in [9.17, 15) is 8.42 Å². The van der Waals surface area contributed by atoms with Crippen LogP contribution in [0, 0.1) is 5.41 Å². The van der Waals surface area contributed by atoms with Crippen molar-refractivity contribution in [3.8, 4) is 0 Å². The second-order valence-electron chi connectivity index (χ2n) is 6.53. The van der Waals surface area contributed by atoms with E-state index in [-0.39, 0.29) is 10.9 Å². The highest BCUT2D eigenvalue weighted by Gasteiger charge is 2.30. The van der Waals surface area contributed by atoms with Crippen molar-refractivity contribution in [3.05, 3.63) is 28.2 Å². The zero-order chi connectivity index (χ0) is 15.7. The molecule has 0 radical (unpaired) electrons. The lowest BCUT2D eigenvalue weighted by Gasteiger charge is -2.34. The average molecular weight is 375 g/mol. The fraction of sp³-hybridized carbons (Fsp3) is 0.600. The van der Waals surface area contributed by atoms with Gasteiger partial charge in [-0.25, -0.2) is 13.1 Å². The number of benzene rings is 1. The number of hydrogen-bond donors (Lipinski definition) is 2. The van der Waals surface area contributed by atoms with Crippen LogP contribution in [0.1, 0.15) is 45.1 Å². The Hall–Kier alpha value is -0.430. The van der Waals surface area contributed by atoms with Crippen molar-refractivity contribution in [2.24, 2.45) is 11.1 Å². The summed E-state index contributed by atoms with van der Waals surface area (Å²) in [5.74, 6) is 0. The lowest BCUT2D eigenvalue weighted by Crippen LogP contribution is -2.39. The van der Waals surface area contributed by atoms with Gasteiger partial charge in [0.2, 0.25) is 10.0 Å². The summed E-state index contributed by atoms with van der Waals surface area (Å²) in [6, 6.07) is 5.16. The number of hydrogen-bond acceptors (Lipinski definition) is 3. The summed E-state index contributed by atoms with van der Waals surface area (Å²) in [5, 5.41) is 0. The van der Waals surface area contributed by atoms with Crippen LogP contribution in [0.25, 0.3) is 0 Å². The largest absolute Gasteiger partial charge is 0.326 e. The molecule has 21 heavy (non-hydrogen) atoms. The topological polar surface area (TPSA) is 72.2 Å². The molecular formula is C15H23BrN2O2S. The highest BCUT2D eigenvalue weighted by Crippen LogP contribution is 2.35. The molecule has 4 nitrogen and oxygen atoms in total. The van der Waals surface area contributed by atoms with E-state index < -0.39 is 10.0 Å². The molecular weight excluding hydrogens is 352 g/mol. The Morgan fingerprint density at radius 2 is 1.95 bits per heavy atom. The Morgan fingerprint density at radius 3 is 2.48 bits per heavy atom. The molecule has 0 unspecified atom stereocenters. The predicted molar refractivity (Wildman–Crippen MR) is 88.4 cm³/mol. The van der Waals surface area contributed by atoms with Gasteiger partial charge in [0.1, 0.15) is 0 Å². The van der Waals surface area contributed by atoms with Crippen LogP contribution in [0.2, 0.25) is 0 Å². The zero-order valence-corrected chi connectivity index (χ0v) is 14.9. The molecule has 1 fully saturated rings. The minimum Gasteiger partial charge on any atom is -0.326 e. The van der Waals surface area contributed by atoms with Crippen molar-refractivity contribution in [2.45, 2.75) is 57.0 Å². The fourth-order valence-electron chi connectivity index (χ4n) is 2.69. The number of nitrogens with one attached hydrogen (secondary N) is 1. The Kier molecular flexibility index (Phi) is 5.13. The summed E-state index contributed by atoms with van der Waals surface area (Å²) in [6.45, 7) is 4.86. The zero-order valence-electron chi connectivity index (χ0n) is 12.5. The first-order valence-corrected chi connectivity index (χ1v) is 9.52. The van der Waals surface area contributed by atoms with Crippen LogP contribution in [0.15, 0.2) is 27.6 Å². The molecule has 0 saturated heterocycles. The van der Waals surface area contributed by atoms with Crippen molar-refractivity contribution in [3.63, 3.8) is 0 Å². The van der Waals surface area contributed by atoms with E-state index in [4.69, 9.17) is 5.73 Å². The van der Waals surface area contributed by atoms with Crippen LogP contribution in [0.3, 0.4) is 0 Å². The molecule has 0 atom stereocenters. The molecule has 6 heteroatoms. The Bertz CT molecular complexity index is 604. The van der Waals surface area contributed by atoms with Crippen molar-refractivity contribution in [1.82, 2.24) is 4.72 Å². The third-order valence-electron chi connectivity index (χ3n) is 4.18. The molecule has 1 aromatic rings. The summed E-state index contributed by atoms with van der Waals surface area (Å²) in [6.07, 6.45) is 3.89. The van der Waals surface area contributed by atoms with Gasteiger partial charge in [-0.3, -0.25) is 0 Å². The van der Waals surface area contributed by atoms with Crippen LogP contribution < -0.4 is 10.5 Å². The van der Waals surface area contributed by atoms with Crippen molar-refractivity contribution in [2.75, 3.05) is 0 Å². The van der Waals surface area contributed by atoms with Crippen molar-refractivity contribution < 1.29 is 8.42 Å². The first-order valence-electron chi connectivity index (χ1n) is 7.24. The normalized spacial score (nSPS) is 19.6. The maximum atomic E-state index is 12.5. The molecule has 3 N–H and O–H groups in total. The van der Waals surface area contributed by atoms with E-state index in [1.807, 2.05) is 0 Å². The summed E-state index contributed by atoms with van der Waals surface area (Å²) in [5.41, 5.74) is 6.79. The second-order valence-corrected chi connectivity index (χ2v) is 9.07. The standard InChI is InChI=1S/C15H23BrN2O2S/c1-15(2)7-5-12(6-8-15)18-21(19,20)14-4-3-11(10-17)9-13(14)16/h3-4,9,12,18H,5-8,10,17H2,1-2H3. The lowest BCUT2D eigenvalue weighted by molar-refractivity contribution is 0.218. The first kappa shape index (κ1) is 16.9. The molecule has 0 aromatic heterocycles. The summed E-state index contributed by atoms with van der Waals surface area (Å²) >= 11 is 3.33. The third kappa shape index (κ3) is 4.28. The third-order valence-corrected chi connectivity index (χ3v) is 6.68. The smallest absolute Gasteiger partial charge is 0.241 e. The van der Waals surface area contributed by atoms with E-state index in [1.54, 1.807) is 18.2 Å². The van der Waals surface area contributed by atoms with E-state index in [2.05, 4.69) is 34.5 Å². The van der Waals surface area contributed by atoms with E-state index in [0.717, 1.165) is 31.2 Å². The van der Waals surface area contributed by atoms with E-state index in [1.165, 1.54) is 0 Å². The second kappa shape index (κ2) is 6.36. The van der Waals surface area contributed by atoms with Gasteiger partial charge in [0, 0.05) is 17.1 Å². The van der Waals surface area contributed by atoms with Gasteiger partial charge >= 0.3 is 0 Å². The van der Waals surface area contributed by atoms with Gasteiger partial charge in [-0.2, -0.15) is 0 Å². The number of rotatable bonds is 4. The molecule has 0 heterocycles. The molecule has 1 saturated carbocycles. The maximum Gasteiger partial charge on any atom is 0.241 e. The molecule has 1 aliphatic carbocycles. The van der Waals surface area contributed by atoms with Crippen LogP contribution in [0.4, 0.5) is 0 Å². The van der Waals surface area contributed by atoms with Crippen LogP contribution >= 0.6 is 15.9 Å². The SMILES string of the molecule is CC1(C)CCC(NS(=O)(=O)c2ccc(CN)cc2Br)CC1. The van der Waals surface area contributed by atoms with Crippen LogP contribution in [-0.2, 0) is 16.6 Å². The van der Waals surface area contributed by atoms with Gasteiger partial charge in [0.05, 0.1) is 4.90 Å². The Balaban J connectivity index is 2.12. The number of halogens is 1. The molecule has 2 rings (SSSR count). The van der Waals surface area contributed by atoms with Crippen molar-refractivity contribution >= 4 is 26.0 Å². The molecule has 0 amide bonds. The van der Waals surface area contributed by atoms with Gasteiger partial charge in [-0.05, 0) is 64.7 Å². The van der Waals surface area contributed by atoms with Gasteiger partial charge in [0.25, 0.3) is 0 Å². The minimum atomic E-state index is -3.49. The van der Waals surface area contributed by atoms with E-state index >= 15 is 0 Å². The molecule has 1 aromatic carbocycles. The monoisotopic (exact) mass is 374 g/mol. The Labute approximate surface area is 135 Å². The number of nitrogens with two attached hydrogens (primary N) is 1. The van der Waals surface area contributed by atoms with Gasteiger partial charge < -0.3 is 5.73 Å². The lowest BCUT2D eigenvalue weighted by atomic mass is 9.76. The van der Waals surface area contributed by atoms with Crippen LogP contribution in [0.5, 0.6) is 0 Å². The average Bonchev–Trinajstić information content (AvgIpc) is 2.40. The van der Waals surface area contributed by atoms with E-state index in [0.29, 0.717) is 16.4 Å². The predicted octanol–water partition coefficient (Wildman–Crippen LogP) is 3.15. The molecule has 0 spiro atoms. The molecule has 118 valence electrons. The van der Waals surface area contributed by atoms with Crippen LogP contribution in [-0.4, -0.2) is 14.5 Å². The number of sulfonamides is 1. The van der Waals surface area contributed by atoms with Gasteiger partial charge in [-0.15, -0.1) is 0 Å². The highest BCUT2D eigenvalue weighted by molar-refractivity contribution is 9.10. The van der Waals surface area contributed by atoms with Gasteiger partial charge in [0.15, 0.2) is 0 Å². The summed E-state index contributed by atoms with van der Waals surface area (Å²) in [4.78, 5) is 0.282.